The molecule has 5 nitrogen and oxygen atoms in total. The molecule has 7 heteroatoms. The van der Waals surface area contributed by atoms with Gasteiger partial charge in [-0.15, -0.1) is 10.2 Å². The smallest absolute Gasteiger partial charge is 0.137 e. The predicted octanol–water partition coefficient (Wildman–Crippen LogP) is 3.57. The summed E-state index contributed by atoms with van der Waals surface area (Å²) in [6.45, 7) is 6.95. The highest BCUT2D eigenvalue weighted by Crippen LogP contribution is 2.43. The van der Waals surface area contributed by atoms with Crippen LogP contribution in [-0.4, -0.2) is 34.5 Å². The highest BCUT2D eigenvalue weighted by Gasteiger charge is 2.34. The minimum Gasteiger partial charge on any atom is -0.489 e. The number of hydrogen-bond acceptors (Lipinski definition) is 4. The van der Waals surface area contributed by atoms with Crippen LogP contribution in [0.25, 0.3) is 0 Å². The van der Waals surface area contributed by atoms with Crippen LogP contribution in [0.2, 0.25) is 10.0 Å². The van der Waals surface area contributed by atoms with Crippen molar-refractivity contribution in [2.24, 2.45) is 0 Å². The van der Waals surface area contributed by atoms with E-state index < -0.39 is 0 Å². The number of ether oxygens (including phenoxy) is 1. The first-order valence-corrected chi connectivity index (χ1v) is 9.29. The monoisotopic (exact) mass is 378 g/mol. The standard InChI is InChI=1S/C18H20Cl2N4O/c1-2-7-25-14-4-3-13(19)17(20)16(14)12-8-15-22-23-18(24(15)10-12)11-5-6-21-9-11/h2-4,11-12,21H,1,5-10H2/t11?,12-/m1/s1. The van der Waals surface area contributed by atoms with Gasteiger partial charge in [0.1, 0.15) is 24.0 Å². The molecule has 25 heavy (non-hydrogen) atoms. The average Bonchev–Trinajstić information content (AvgIpc) is 3.32. The second-order valence-electron chi connectivity index (χ2n) is 6.55. The second kappa shape index (κ2) is 6.98. The van der Waals surface area contributed by atoms with Gasteiger partial charge in [-0.05, 0) is 25.1 Å². The van der Waals surface area contributed by atoms with Crippen molar-refractivity contribution in [3.05, 3.63) is 52.0 Å². The van der Waals surface area contributed by atoms with Gasteiger partial charge in [0.05, 0.1) is 10.0 Å². The Balaban J connectivity index is 1.65. The molecule has 0 spiro atoms. The van der Waals surface area contributed by atoms with Gasteiger partial charge >= 0.3 is 0 Å². The number of nitrogens with zero attached hydrogens (tertiary/aromatic N) is 3. The molecule has 1 unspecified atom stereocenters. The third-order valence-electron chi connectivity index (χ3n) is 4.97. The van der Waals surface area contributed by atoms with E-state index in [0.717, 1.165) is 55.4 Å². The van der Waals surface area contributed by atoms with Crippen LogP contribution >= 0.6 is 23.2 Å². The van der Waals surface area contributed by atoms with Crippen molar-refractivity contribution in [2.75, 3.05) is 19.7 Å². The number of halogens is 2. The number of nitrogens with one attached hydrogen (secondary N) is 1. The minimum atomic E-state index is 0.185. The molecule has 2 atom stereocenters. The maximum absolute atomic E-state index is 6.54. The Kier molecular flexibility index (Phi) is 4.71. The number of fused-ring (bicyclic) bond motifs is 1. The topological polar surface area (TPSA) is 52.0 Å². The van der Waals surface area contributed by atoms with Gasteiger partial charge in [-0.3, -0.25) is 0 Å². The molecule has 1 fully saturated rings. The van der Waals surface area contributed by atoms with E-state index in [-0.39, 0.29) is 5.92 Å². The molecule has 2 aliphatic heterocycles. The van der Waals surface area contributed by atoms with E-state index >= 15 is 0 Å². The zero-order valence-electron chi connectivity index (χ0n) is 13.8. The first-order valence-electron chi connectivity index (χ1n) is 8.53. The van der Waals surface area contributed by atoms with E-state index in [1.54, 1.807) is 12.1 Å². The van der Waals surface area contributed by atoms with Crippen LogP contribution in [0.5, 0.6) is 5.75 Å². The molecule has 3 heterocycles. The molecule has 0 bridgehead atoms. The van der Waals surface area contributed by atoms with Crippen molar-refractivity contribution >= 4 is 23.2 Å². The van der Waals surface area contributed by atoms with Gasteiger partial charge in [0.25, 0.3) is 0 Å². The number of rotatable bonds is 5. The quantitative estimate of drug-likeness (QED) is 0.808. The molecule has 0 radical (unpaired) electrons. The molecule has 1 aromatic carbocycles. The summed E-state index contributed by atoms with van der Waals surface area (Å²) in [7, 11) is 0. The Bertz CT molecular complexity index is 799. The Labute approximate surface area is 157 Å². The average molecular weight is 379 g/mol. The largest absolute Gasteiger partial charge is 0.489 e. The van der Waals surface area contributed by atoms with E-state index in [0.29, 0.717) is 22.6 Å². The van der Waals surface area contributed by atoms with Crippen LogP contribution in [0, 0.1) is 0 Å². The third-order valence-corrected chi connectivity index (χ3v) is 5.79. The van der Waals surface area contributed by atoms with Gasteiger partial charge in [0.2, 0.25) is 0 Å². The van der Waals surface area contributed by atoms with Crippen molar-refractivity contribution in [1.29, 1.82) is 0 Å². The molecule has 0 aliphatic carbocycles. The summed E-state index contributed by atoms with van der Waals surface area (Å²) in [5.41, 5.74) is 0.956. The van der Waals surface area contributed by atoms with E-state index in [1.807, 2.05) is 6.07 Å². The fraction of sp³-hybridized carbons (Fsp3) is 0.444. The lowest BCUT2D eigenvalue weighted by atomic mass is 9.96. The van der Waals surface area contributed by atoms with Crippen LogP contribution in [0.1, 0.15) is 35.5 Å². The Morgan fingerprint density at radius 1 is 1.32 bits per heavy atom. The van der Waals surface area contributed by atoms with Crippen molar-refractivity contribution < 1.29 is 4.74 Å². The van der Waals surface area contributed by atoms with Gasteiger partial charge < -0.3 is 14.6 Å². The molecule has 1 saturated heterocycles. The predicted molar refractivity (Wildman–Crippen MR) is 98.8 cm³/mol. The van der Waals surface area contributed by atoms with Crippen LogP contribution < -0.4 is 10.1 Å². The van der Waals surface area contributed by atoms with Crippen molar-refractivity contribution in [3.8, 4) is 5.75 Å². The lowest BCUT2D eigenvalue weighted by Gasteiger charge is -2.18. The maximum atomic E-state index is 6.54. The first kappa shape index (κ1) is 16.9. The Morgan fingerprint density at radius 2 is 2.20 bits per heavy atom. The zero-order valence-corrected chi connectivity index (χ0v) is 15.4. The second-order valence-corrected chi connectivity index (χ2v) is 7.33. The van der Waals surface area contributed by atoms with E-state index in [4.69, 9.17) is 27.9 Å². The van der Waals surface area contributed by atoms with Crippen LogP contribution in [0.4, 0.5) is 0 Å². The van der Waals surface area contributed by atoms with Gasteiger partial charge in [-0.2, -0.15) is 0 Å². The molecule has 2 aliphatic rings. The molecule has 1 N–H and O–H groups in total. The summed E-state index contributed by atoms with van der Waals surface area (Å²) in [5, 5.41) is 13.3. The van der Waals surface area contributed by atoms with Crippen molar-refractivity contribution in [3.63, 3.8) is 0 Å². The number of hydrogen-bond donors (Lipinski definition) is 1. The number of aromatic nitrogens is 3. The summed E-state index contributed by atoms with van der Waals surface area (Å²) >= 11 is 12.8. The third kappa shape index (κ3) is 3.05. The molecule has 1 aromatic heterocycles. The van der Waals surface area contributed by atoms with E-state index in [9.17, 15) is 0 Å². The normalized spacial score (nSPS) is 22.2. The van der Waals surface area contributed by atoms with Crippen LogP contribution in [0.15, 0.2) is 24.8 Å². The maximum Gasteiger partial charge on any atom is 0.137 e. The molecule has 2 aromatic rings. The highest BCUT2D eigenvalue weighted by molar-refractivity contribution is 6.42. The van der Waals surface area contributed by atoms with Gasteiger partial charge in [0.15, 0.2) is 0 Å². The van der Waals surface area contributed by atoms with Crippen LogP contribution in [-0.2, 0) is 13.0 Å². The summed E-state index contributed by atoms with van der Waals surface area (Å²) in [6, 6.07) is 3.66. The first-order chi connectivity index (χ1) is 12.2. The van der Waals surface area contributed by atoms with Gasteiger partial charge in [-0.25, -0.2) is 0 Å². The van der Waals surface area contributed by atoms with Crippen molar-refractivity contribution in [2.45, 2.75) is 31.2 Å². The minimum absolute atomic E-state index is 0.185. The lowest BCUT2D eigenvalue weighted by Crippen LogP contribution is -2.13. The van der Waals surface area contributed by atoms with Gasteiger partial charge in [0, 0.05) is 36.9 Å². The molecular weight excluding hydrogens is 359 g/mol. The summed E-state index contributed by atoms with van der Waals surface area (Å²) < 4.78 is 8.07. The van der Waals surface area contributed by atoms with E-state index in [1.165, 1.54) is 0 Å². The highest BCUT2D eigenvalue weighted by atomic mass is 35.5. The Morgan fingerprint density at radius 3 is 2.96 bits per heavy atom. The Hall–Kier alpha value is -1.56. The summed E-state index contributed by atoms with van der Waals surface area (Å²) in [5.74, 6) is 3.48. The summed E-state index contributed by atoms with van der Waals surface area (Å²) in [4.78, 5) is 0. The molecule has 4 rings (SSSR count). The fourth-order valence-electron chi connectivity index (χ4n) is 3.78. The zero-order chi connectivity index (χ0) is 17.4. The fourth-order valence-corrected chi connectivity index (χ4v) is 4.25. The molecule has 0 amide bonds. The molecule has 132 valence electrons. The lowest BCUT2D eigenvalue weighted by molar-refractivity contribution is 0.355. The van der Waals surface area contributed by atoms with Gasteiger partial charge in [-0.1, -0.05) is 35.9 Å². The summed E-state index contributed by atoms with van der Waals surface area (Å²) in [6.07, 6.45) is 3.62. The number of benzene rings is 1. The van der Waals surface area contributed by atoms with Crippen LogP contribution in [0.3, 0.4) is 0 Å². The molecular formula is C18H20Cl2N4O. The van der Waals surface area contributed by atoms with Crippen molar-refractivity contribution in [1.82, 2.24) is 20.1 Å². The molecule has 0 saturated carbocycles. The SMILES string of the molecule is C=CCOc1ccc(Cl)c(Cl)c1[C@@H]1Cc2nnc(C3CCNC3)n2C1. The van der Waals surface area contributed by atoms with E-state index in [2.05, 4.69) is 26.7 Å².